The summed E-state index contributed by atoms with van der Waals surface area (Å²) in [6.07, 6.45) is 58.1. The summed E-state index contributed by atoms with van der Waals surface area (Å²) >= 11 is 0. The number of nitrogens with zero attached hydrogens (tertiary/aromatic N) is 1. The Morgan fingerprint density at radius 3 is 0.941 bits per heavy atom. The second-order valence-corrected chi connectivity index (χ2v) is 23.1. The van der Waals surface area contributed by atoms with Crippen molar-refractivity contribution in [2.45, 2.75) is 315 Å². The topological polar surface area (TPSA) is 111 Å². The summed E-state index contributed by atoms with van der Waals surface area (Å²) in [6, 6.07) is 0. The highest BCUT2D eigenvalue weighted by Crippen LogP contribution is 2.38. The van der Waals surface area contributed by atoms with Gasteiger partial charge in [-0.15, -0.1) is 0 Å². The second kappa shape index (κ2) is 50.9. The fraction of sp³-hybridized carbons (Fsp3) is 0.966. The zero-order valence-corrected chi connectivity index (χ0v) is 47.0. The third-order valence-electron chi connectivity index (χ3n) is 13.6. The zero-order valence-electron chi connectivity index (χ0n) is 46.1. The number of carbonyl (C=O) groups excluding carboxylic acids is 2. The molecule has 0 aliphatic rings. The number of ether oxygens (including phenoxy) is 2. The van der Waals surface area contributed by atoms with Gasteiger partial charge in [0, 0.05) is 12.8 Å². The molecule has 0 heterocycles. The van der Waals surface area contributed by atoms with Gasteiger partial charge in [0.15, 0.2) is 6.10 Å². The Labute approximate surface area is 423 Å². The molecule has 0 N–H and O–H groups in total. The van der Waals surface area contributed by atoms with Crippen molar-refractivity contribution in [3.63, 3.8) is 0 Å². The van der Waals surface area contributed by atoms with Crippen molar-refractivity contribution in [2.24, 2.45) is 0 Å². The summed E-state index contributed by atoms with van der Waals surface area (Å²) < 4.78 is 33.9. The van der Waals surface area contributed by atoms with E-state index in [2.05, 4.69) is 13.8 Å². The van der Waals surface area contributed by atoms with E-state index in [4.69, 9.17) is 18.5 Å². The predicted molar refractivity (Wildman–Crippen MR) is 287 cm³/mol. The Morgan fingerprint density at radius 1 is 0.397 bits per heavy atom. The van der Waals surface area contributed by atoms with Gasteiger partial charge in [0.1, 0.15) is 19.8 Å². The van der Waals surface area contributed by atoms with E-state index in [1.54, 1.807) is 0 Å². The molecule has 0 rings (SSSR count). The number of hydrogen-bond donors (Lipinski definition) is 0. The van der Waals surface area contributed by atoms with E-state index in [-0.39, 0.29) is 32.0 Å². The zero-order chi connectivity index (χ0) is 49.9. The van der Waals surface area contributed by atoms with E-state index in [1.165, 1.54) is 238 Å². The molecule has 9 nitrogen and oxygen atoms in total. The molecule has 2 unspecified atom stereocenters. The minimum Gasteiger partial charge on any atom is -0.756 e. The minimum atomic E-state index is -4.61. The normalized spacial score (nSPS) is 13.2. The molecule has 10 heteroatoms. The molecule has 0 aliphatic carbocycles. The molecule has 0 amide bonds. The van der Waals surface area contributed by atoms with Gasteiger partial charge < -0.3 is 27.9 Å². The summed E-state index contributed by atoms with van der Waals surface area (Å²) in [5.74, 6) is -0.827. The molecule has 0 spiro atoms. The van der Waals surface area contributed by atoms with Crippen LogP contribution in [0.15, 0.2) is 0 Å². The lowest BCUT2D eigenvalue weighted by Gasteiger charge is -2.28. The van der Waals surface area contributed by atoms with Gasteiger partial charge in [-0.2, -0.15) is 0 Å². The summed E-state index contributed by atoms with van der Waals surface area (Å²) in [5.41, 5.74) is 0. The van der Waals surface area contributed by atoms with Crippen LogP contribution in [0, 0.1) is 0 Å². The standard InChI is InChI=1S/C58H116NO8P/c1-6-8-10-12-14-15-16-17-18-19-20-21-22-23-24-25-26-27-28-29-30-31-32-33-34-35-36-37-38-39-40-41-42-43-44-45-47-49-51-58(61)67-56(54-64-57(60)50-48-46-13-11-9-7-2)55-66-68(62,63)65-53-52-59(3,4)5/h56H,6-55H2,1-5H3. The first-order valence-electron chi connectivity index (χ1n) is 29.7. The van der Waals surface area contributed by atoms with Crippen LogP contribution in [0.25, 0.3) is 0 Å². The van der Waals surface area contributed by atoms with Gasteiger partial charge in [-0.05, 0) is 12.8 Å². The van der Waals surface area contributed by atoms with Crippen LogP contribution in [-0.2, 0) is 32.7 Å². The molecule has 0 aliphatic heterocycles. The maximum atomic E-state index is 12.7. The maximum absolute atomic E-state index is 12.7. The molecular formula is C58H116NO8P. The summed E-state index contributed by atoms with van der Waals surface area (Å²) in [7, 11) is 1.18. The molecule has 68 heavy (non-hydrogen) atoms. The van der Waals surface area contributed by atoms with Crippen molar-refractivity contribution in [2.75, 3.05) is 47.5 Å². The van der Waals surface area contributed by atoms with Gasteiger partial charge in [0.05, 0.1) is 27.7 Å². The maximum Gasteiger partial charge on any atom is 0.306 e. The quantitative estimate of drug-likeness (QED) is 0.0256. The van der Waals surface area contributed by atoms with E-state index in [0.717, 1.165) is 38.5 Å². The molecule has 0 aromatic rings. The largest absolute Gasteiger partial charge is 0.756 e. The molecule has 0 radical (unpaired) electrons. The lowest BCUT2D eigenvalue weighted by Crippen LogP contribution is -2.37. The Hall–Kier alpha value is -0.990. The van der Waals surface area contributed by atoms with Crippen LogP contribution in [0.2, 0.25) is 0 Å². The molecule has 0 aromatic heterocycles. The molecule has 0 aromatic carbocycles. The number of phosphoric acid groups is 1. The van der Waals surface area contributed by atoms with Crippen LogP contribution in [-0.4, -0.2) is 70.0 Å². The number of unbranched alkanes of at least 4 members (excludes halogenated alkanes) is 42. The number of esters is 2. The SMILES string of the molecule is CCCCCCCCCCCCCCCCCCCCCCCCCCCCCCCCCCCCCCCCC(=O)OC(COC(=O)CCCCCCCC)COP(=O)([O-])OCC[N+](C)(C)C. The van der Waals surface area contributed by atoms with E-state index >= 15 is 0 Å². The van der Waals surface area contributed by atoms with Crippen molar-refractivity contribution in [1.29, 1.82) is 0 Å². The van der Waals surface area contributed by atoms with Crippen LogP contribution in [0.4, 0.5) is 0 Å². The lowest BCUT2D eigenvalue weighted by atomic mass is 10.0. The van der Waals surface area contributed by atoms with E-state index in [9.17, 15) is 19.0 Å². The van der Waals surface area contributed by atoms with Crippen LogP contribution >= 0.6 is 7.82 Å². The van der Waals surface area contributed by atoms with Crippen molar-refractivity contribution in [3.05, 3.63) is 0 Å². The highest BCUT2D eigenvalue weighted by atomic mass is 31.2. The smallest absolute Gasteiger partial charge is 0.306 e. The fourth-order valence-corrected chi connectivity index (χ4v) is 9.74. The Kier molecular flexibility index (Phi) is 50.2. The molecule has 406 valence electrons. The number of phosphoric ester groups is 1. The first-order chi connectivity index (χ1) is 33.0. The first-order valence-corrected chi connectivity index (χ1v) is 31.2. The molecule has 2 atom stereocenters. The predicted octanol–water partition coefficient (Wildman–Crippen LogP) is 17.6. The average Bonchev–Trinajstić information content (AvgIpc) is 3.30. The molecular weight excluding hydrogens is 870 g/mol. The number of quaternary nitrogens is 1. The van der Waals surface area contributed by atoms with Gasteiger partial charge >= 0.3 is 11.9 Å². The fourth-order valence-electron chi connectivity index (χ4n) is 9.01. The first kappa shape index (κ1) is 67.0. The van der Waals surface area contributed by atoms with Crippen molar-refractivity contribution >= 4 is 19.8 Å². The molecule has 0 saturated carbocycles. The van der Waals surface area contributed by atoms with Crippen molar-refractivity contribution in [1.82, 2.24) is 0 Å². The third-order valence-corrected chi connectivity index (χ3v) is 14.6. The third kappa shape index (κ3) is 54.3. The van der Waals surface area contributed by atoms with Gasteiger partial charge in [0.2, 0.25) is 0 Å². The minimum absolute atomic E-state index is 0.0260. The highest BCUT2D eigenvalue weighted by Gasteiger charge is 2.22. The lowest BCUT2D eigenvalue weighted by molar-refractivity contribution is -0.870. The number of carbonyl (C=O) groups is 2. The molecule has 0 bridgehead atoms. The van der Waals surface area contributed by atoms with Gasteiger partial charge in [-0.3, -0.25) is 14.2 Å². The van der Waals surface area contributed by atoms with Crippen LogP contribution in [0.5, 0.6) is 0 Å². The molecule has 0 saturated heterocycles. The van der Waals surface area contributed by atoms with Gasteiger partial charge in [0.25, 0.3) is 7.82 Å². The van der Waals surface area contributed by atoms with Gasteiger partial charge in [-0.1, -0.05) is 284 Å². The van der Waals surface area contributed by atoms with E-state index < -0.39 is 26.5 Å². The summed E-state index contributed by atoms with van der Waals surface area (Å²) in [6.45, 7) is 4.21. The summed E-state index contributed by atoms with van der Waals surface area (Å²) in [5, 5.41) is 0. The van der Waals surface area contributed by atoms with Gasteiger partial charge in [-0.25, -0.2) is 0 Å². The van der Waals surface area contributed by atoms with Crippen LogP contribution in [0.1, 0.15) is 309 Å². The number of hydrogen-bond acceptors (Lipinski definition) is 8. The Bertz CT molecular complexity index is 1120. The summed E-state index contributed by atoms with van der Waals surface area (Å²) in [4.78, 5) is 37.4. The molecule has 0 fully saturated rings. The van der Waals surface area contributed by atoms with Crippen molar-refractivity contribution < 1.29 is 42.1 Å². The highest BCUT2D eigenvalue weighted by molar-refractivity contribution is 7.45. The van der Waals surface area contributed by atoms with E-state index in [0.29, 0.717) is 17.4 Å². The van der Waals surface area contributed by atoms with Crippen LogP contribution < -0.4 is 4.89 Å². The second-order valence-electron chi connectivity index (χ2n) is 21.7. The Balaban J connectivity index is 3.70. The van der Waals surface area contributed by atoms with E-state index in [1.807, 2.05) is 21.1 Å². The van der Waals surface area contributed by atoms with Crippen LogP contribution in [0.3, 0.4) is 0 Å². The number of rotatable bonds is 56. The average molecular weight is 987 g/mol. The van der Waals surface area contributed by atoms with Crippen molar-refractivity contribution in [3.8, 4) is 0 Å². The Morgan fingerprint density at radius 2 is 0.662 bits per heavy atom. The number of likely N-dealkylation sites (N-methyl/N-ethyl adjacent to an activating group) is 1. The monoisotopic (exact) mass is 986 g/mol.